The molecule has 0 bridgehead atoms. The Kier molecular flexibility index (Phi) is 5.93. The fraction of sp³-hybridized carbons (Fsp3) is 0.353. The molecule has 5 nitrogen and oxygen atoms in total. The van der Waals surface area contributed by atoms with E-state index in [0.29, 0.717) is 12.6 Å². The van der Waals surface area contributed by atoms with Crippen LogP contribution in [0, 0.1) is 0 Å². The van der Waals surface area contributed by atoms with Crippen molar-refractivity contribution in [3.05, 3.63) is 51.1 Å². The summed E-state index contributed by atoms with van der Waals surface area (Å²) in [5.74, 6) is -0.00518. The average molecular weight is 443 g/mol. The molecule has 1 N–H and O–H groups in total. The molecule has 1 aromatic heterocycles. The minimum absolute atomic E-state index is 0.00518. The molecule has 0 aliphatic heterocycles. The van der Waals surface area contributed by atoms with E-state index in [-0.39, 0.29) is 23.8 Å². The fourth-order valence-electron chi connectivity index (χ4n) is 2.51. The van der Waals surface area contributed by atoms with Gasteiger partial charge in [-0.15, -0.1) is 11.3 Å². The van der Waals surface area contributed by atoms with Gasteiger partial charge in [0.25, 0.3) is 0 Å². The molecule has 8 heteroatoms. The van der Waals surface area contributed by atoms with Gasteiger partial charge in [-0.05, 0) is 48.6 Å². The molecule has 0 spiro atoms. The molecule has 1 aromatic carbocycles. The number of rotatable bonds is 8. The number of thiophene rings is 1. The number of halogens is 1. The summed E-state index contributed by atoms with van der Waals surface area (Å²) < 4.78 is 27.8. The van der Waals surface area contributed by atoms with Gasteiger partial charge in [-0.3, -0.25) is 4.79 Å². The number of amides is 1. The maximum absolute atomic E-state index is 12.5. The van der Waals surface area contributed by atoms with Crippen LogP contribution in [0.5, 0.6) is 0 Å². The maximum Gasteiger partial charge on any atom is 0.240 e. The Hall–Kier alpha value is -1.22. The number of sulfonamides is 1. The Morgan fingerprint density at radius 3 is 2.56 bits per heavy atom. The molecule has 0 atom stereocenters. The van der Waals surface area contributed by atoms with Gasteiger partial charge < -0.3 is 4.90 Å². The van der Waals surface area contributed by atoms with Crippen molar-refractivity contribution in [3.8, 4) is 0 Å². The molecule has 1 amide bonds. The van der Waals surface area contributed by atoms with Gasteiger partial charge in [-0.2, -0.15) is 0 Å². The van der Waals surface area contributed by atoms with Crippen LogP contribution >= 0.6 is 27.3 Å². The van der Waals surface area contributed by atoms with E-state index >= 15 is 0 Å². The standard InChI is InChI=1S/C17H19BrN2O3S2/c18-13-3-7-16(8-4-13)25(22,23)19-10-9-17(21)20(14-5-6-14)12-15-2-1-11-24-15/h1-4,7-8,11,14,19H,5-6,9-10,12H2. The summed E-state index contributed by atoms with van der Waals surface area (Å²) in [5.41, 5.74) is 0. The Morgan fingerprint density at radius 1 is 1.24 bits per heavy atom. The highest BCUT2D eigenvalue weighted by atomic mass is 79.9. The molecule has 0 radical (unpaired) electrons. The first-order valence-electron chi connectivity index (χ1n) is 8.03. The number of nitrogens with zero attached hydrogens (tertiary/aromatic N) is 1. The lowest BCUT2D eigenvalue weighted by Gasteiger charge is -2.22. The van der Waals surface area contributed by atoms with Crippen LogP contribution < -0.4 is 4.72 Å². The number of benzene rings is 1. The van der Waals surface area contributed by atoms with Gasteiger partial charge in [0.1, 0.15) is 0 Å². The summed E-state index contributed by atoms with van der Waals surface area (Å²) in [5, 5.41) is 2.00. The van der Waals surface area contributed by atoms with Crippen LogP contribution in [0.1, 0.15) is 24.1 Å². The minimum Gasteiger partial charge on any atom is -0.335 e. The van der Waals surface area contributed by atoms with E-state index in [0.717, 1.165) is 22.2 Å². The van der Waals surface area contributed by atoms with Crippen molar-refractivity contribution in [2.75, 3.05) is 6.54 Å². The first-order chi connectivity index (χ1) is 12.0. The predicted octanol–water partition coefficient (Wildman–Crippen LogP) is 3.37. The van der Waals surface area contributed by atoms with Crippen LogP contribution in [0.3, 0.4) is 0 Å². The summed E-state index contributed by atoms with van der Waals surface area (Å²) in [4.78, 5) is 15.7. The highest BCUT2D eigenvalue weighted by molar-refractivity contribution is 9.10. The molecule has 134 valence electrons. The van der Waals surface area contributed by atoms with Crippen molar-refractivity contribution >= 4 is 43.2 Å². The zero-order valence-corrected chi connectivity index (χ0v) is 16.7. The van der Waals surface area contributed by atoms with Gasteiger partial charge in [-0.1, -0.05) is 22.0 Å². The van der Waals surface area contributed by atoms with Crippen LogP contribution in [0.2, 0.25) is 0 Å². The summed E-state index contributed by atoms with van der Waals surface area (Å²) >= 11 is 4.91. The number of hydrogen-bond acceptors (Lipinski definition) is 4. The third-order valence-corrected chi connectivity index (χ3v) is 6.84. The van der Waals surface area contributed by atoms with E-state index in [1.165, 1.54) is 12.1 Å². The Labute approximate surface area is 160 Å². The van der Waals surface area contributed by atoms with Crippen molar-refractivity contribution < 1.29 is 13.2 Å². The first kappa shape index (κ1) is 18.6. The van der Waals surface area contributed by atoms with Crippen molar-refractivity contribution in [2.24, 2.45) is 0 Å². The smallest absolute Gasteiger partial charge is 0.240 e. The number of nitrogens with one attached hydrogen (secondary N) is 1. The van der Waals surface area contributed by atoms with Crippen LogP contribution in [-0.4, -0.2) is 31.8 Å². The molecule has 2 aromatic rings. The second-order valence-corrected chi connectivity index (χ2v) is 9.65. The lowest BCUT2D eigenvalue weighted by atomic mass is 10.3. The second kappa shape index (κ2) is 7.99. The quantitative estimate of drug-likeness (QED) is 0.681. The van der Waals surface area contributed by atoms with Gasteiger partial charge in [0.15, 0.2) is 0 Å². The van der Waals surface area contributed by atoms with Gasteiger partial charge in [0.05, 0.1) is 11.4 Å². The monoisotopic (exact) mass is 442 g/mol. The zero-order chi connectivity index (χ0) is 17.9. The van der Waals surface area contributed by atoms with Crippen molar-refractivity contribution in [1.29, 1.82) is 0 Å². The lowest BCUT2D eigenvalue weighted by Crippen LogP contribution is -2.35. The zero-order valence-electron chi connectivity index (χ0n) is 13.5. The van der Waals surface area contributed by atoms with Crippen LogP contribution in [-0.2, 0) is 21.4 Å². The first-order valence-corrected chi connectivity index (χ1v) is 11.2. The SMILES string of the molecule is O=C(CCNS(=O)(=O)c1ccc(Br)cc1)N(Cc1cccs1)C1CC1. The molecule has 1 aliphatic carbocycles. The van der Waals surface area contributed by atoms with Gasteiger partial charge in [0, 0.05) is 28.4 Å². The van der Waals surface area contributed by atoms with E-state index in [1.54, 1.807) is 23.5 Å². The second-order valence-electron chi connectivity index (χ2n) is 5.93. The third kappa shape index (κ3) is 5.13. The topological polar surface area (TPSA) is 66.5 Å². The molecule has 25 heavy (non-hydrogen) atoms. The third-order valence-electron chi connectivity index (χ3n) is 3.97. The highest BCUT2D eigenvalue weighted by Crippen LogP contribution is 2.29. The molecule has 1 saturated carbocycles. The molecule has 1 fully saturated rings. The lowest BCUT2D eigenvalue weighted by molar-refractivity contribution is -0.132. The molecule has 3 rings (SSSR count). The number of carbonyl (C=O) groups excluding carboxylic acids is 1. The summed E-state index contributed by atoms with van der Waals surface area (Å²) in [6, 6.07) is 10.7. The molecule has 1 heterocycles. The Balaban J connectivity index is 1.55. The van der Waals surface area contributed by atoms with E-state index in [2.05, 4.69) is 20.7 Å². The fourth-order valence-corrected chi connectivity index (χ4v) is 4.51. The summed E-state index contributed by atoms with van der Waals surface area (Å²) in [6.45, 7) is 0.714. The molecule has 1 aliphatic rings. The number of hydrogen-bond donors (Lipinski definition) is 1. The van der Waals surface area contributed by atoms with E-state index < -0.39 is 10.0 Å². The van der Waals surface area contributed by atoms with Crippen LogP contribution in [0.15, 0.2) is 51.1 Å². The molecule has 0 unspecified atom stereocenters. The normalized spacial score (nSPS) is 14.4. The van der Waals surface area contributed by atoms with Crippen molar-refractivity contribution in [3.63, 3.8) is 0 Å². The highest BCUT2D eigenvalue weighted by Gasteiger charge is 2.32. The Morgan fingerprint density at radius 2 is 1.96 bits per heavy atom. The van der Waals surface area contributed by atoms with E-state index in [9.17, 15) is 13.2 Å². The molecule has 0 saturated heterocycles. The summed E-state index contributed by atoms with van der Waals surface area (Å²) in [7, 11) is -3.59. The van der Waals surface area contributed by atoms with Crippen molar-refractivity contribution in [2.45, 2.75) is 36.7 Å². The maximum atomic E-state index is 12.5. The van der Waals surface area contributed by atoms with Gasteiger partial charge >= 0.3 is 0 Å². The minimum atomic E-state index is -3.59. The average Bonchev–Trinajstić information content (AvgIpc) is 3.28. The van der Waals surface area contributed by atoms with Crippen LogP contribution in [0.25, 0.3) is 0 Å². The Bertz CT molecular complexity index is 816. The largest absolute Gasteiger partial charge is 0.335 e. The molecular formula is C17H19BrN2O3S2. The van der Waals surface area contributed by atoms with Crippen molar-refractivity contribution in [1.82, 2.24) is 9.62 Å². The van der Waals surface area contributed by atoms with E-state index in [1.807, 2.05) is 22.4 Å². The molecular weight excluding hydrogens is 424 g/mol. The summed E-state index contributed by atoms with van der Waals surface area (Å²) in [6.07, 6.45) is 2.22. The number of carbonyl (C=O) groups is 1. The van der Waals surface area contributed by atoms with E-state index in [4.69, 9.17) is 0 Å². The van der Waals surface area contributed by atoms with Crippen LogP contribution in [0.4, 0.5) is 0 Å². The predicted molar refractivity (Wildman–Crippen MR) is 102 cm³/mol. The van der Waals surface area contributed by atoms with Gasteiger partial charge in [-0.25, -0.2) is 13.1 Å². The van der Waals surface area contributed by atoms with Gasteiger partial charge in [0.2, 0.25) is 15.9 Å².